The fourth-order valence-electron chi connectivity index (χ4n) is 2.22. The molecule has 0 saturated carbocycles. The molecule has 3 aromatic rings. The number of aromatic amines is 1. The van der Waals surface area contributed by atoms with Gasteiger partial charge in [0.2, 0.25) is 5.52 Å². The summed E-state index contributed by atoms with van der Waals surface area (Å²) in [6.07, 6.45) is 0. The van der Waals surface area contributed by atoms with E-state index in [2.05, 4.69) is 4.98 Å². The molecule has 0 atom stereocenters. The lowest BCUT2D eigenvalue weighted by Gasteiger charge is -2.08. The van der Waals surface area contributed by atoms with Crippen LogP contribution < -0.4 is 15.0 Å². The molecule has 0 bridgehead atoms. The van der Waals surface area contributed by atoms with Gasteiger partial charge >= 0.3 is 5.56 Å². The highest BCUT2D eigenvalue weighted by Gasteiger charge is 2.20. The largest absolute Gasteiger partial charge is 0.618 e. The van der Waals surface area contributed by atoms with Gasteiger partial charge < -0.3 is 14.9 Å². The van der Waals surface area contributed by atoms with Gasteiger partial charge in [-0.25, -0.2) is 0 Å². The van der Waals surface area contributed by atoms with Crippen LogP contribution >= 0.6 is 23.2 Å². The van der Waals surface area contributed by atoms with Crippen molar-refractivity contribution in [3.05, 3.63) is 62.0 Å². The molecule has 7 heteroatoms. The number of methoxy groups -OCH3 is 1. The van der Waals surface area contributed by atoms with Crippen LogP contribution in [0.2, 0.25) is 10.0 Å². The topological polar surface area (TPSA) is 69.0 Å². The Morgan fingerprint density at radius 2 is 1.91 bits per heavy atom. The van der Waals surface area contributed by atoms with Crippen LogP contribution in [-0.2, 0) is 0 Å². The number of ether oxygens (including phenoxy) is 1. The van der Waals surface area contributed by atoms with Crippen LogP contribution in [0.1, 0.15) is 0 Å². The molecule has 5 nitrogen and oxygen atoms in total. The molecule has 0 aliphatic carbocycles. The second-order valence-electron chi connectivity index (χ2n) is 4.61. The third-order valence-electron chi connectivity index (χ3n) is 3.27. The molecule has 0 saturated heterocycles. The fraction of sp³-hybridized carbons (Fsp3) is 0.0667. The van der Waals surface area contributed by atoms with Crippen molar-refractivity contribution < 1.29 is 9.47 Å². The van der Waals surface area contributed by atoms with Gasteiger partial charge in [0.15, 0.2) is 0 Å². The Balaban J connectivity index is 2.34. The number of nitrogens with zero attached hydrogens (tertiary/aromatic N) is 1. The number of benzene rings is 2. The molecule has 0 amide bonds. The van der Waals surface area contributed by atoms with E-state index in [1.165, 1.54) is 19.2 Å². The van der Waals surface area contributed by atoms with Crippen molar-refractivity contribution in [1.82, 2.24) is 4.98 Å². The summed E-state index contributed by atoms with van der Waals surface area (Å²) in [6, 6.07) is 9.57. The van der Waals surface area contributed by atoms with Crippen LogP contribution in [0.15, 0.2) is 41.2 Å². The van der Waals surface area contributed by atoms with Gasteiger partial charge in [0.1, 0.15) is 11.3 Å². The molecule has 1 N–H and O–H groups in total. The van der Waals surface area contributed by atoms with Crippen LogP contribution in [0, 0.1) is 5.21 Å². The Morgan fingerprint density at radius 1 is 1.18 bits per heavy atom. The molecule has 0 spiro atoms. The van der Waals surface area contributed by atoms with Crippen LogP contribution in [0.3, 0.4) is 0 Å². The van der Waals surface area contributed by atoms with Gasteiger partial charge in [-0.1, -0.05) is 29.3 Å². The minimum atomic E-state index is -0.519. The van der Waals surface area contributed by atoms with Crippen molar-refractivity contribution in [2.24, 2.45) is 0 Å². The number of fused-ring (bicyclic) bond motifs is 1. The Hall–Kier alpha value is -2.24. The van der Waals surface area contributed by atoms with Crippen molar-refractivity contribution in [2.75, 3.05) is 7.11 Å². The number of hydrogen-bond donors (Lipinski definition) is 1. The Morgan fingerprint density at radius 3 is 2.64 bits per heavy atom. The molecule has 0 aliphatic heterocycles. The maximum absolute atomic E-state index is 12.6. The highest BCUT2D eigenvalue weighted by molar-refractivity contribution is 6.42. The normalized spacial score (nSPS) is 10.9. The van der Waals surface area contributed by atoms with Crippen LogP contribution in [0.5, 0.6) is 5.75 Å². The first-order valence-corrected chi connectivity index (χ1v) is 7.06. The molecule has 112 valence electrons. The lowest BCUT2D eigenvalue weighted by atomic mass is 10.1. The molecule has 1 aromatic heterocycles. The maximum atomic E-state index is 12.6. The number of hydrogen-bond acceptors (Lipinski definition) is 3. The van der Waals surface area contributed by atoms with E-state index in [-0.39, 0.29) is 21.3 Å². The number of aromatic nitrogens is 2. The maximum Gasteiger partial charge on any atom is 0.322 e. The summed E-state index contributed by atoms with van der Waals surface area (Å²) >= 11 is 11.9. The summed E-state index contributed by atoms with van der Waals surface area (Å²) in [6.45, 7) is 0. The average Bonchev–Trinajstić information content (AvgIpc) is 2.50. The smallest absolute Gasteiger partial charge is 0.322 e. The fourth-order valence-corrected chi connectivity index (χ4v) is 2.54. The van der Waals surface area contributed by atoms with E-state index < -0.39 is 5.56 Å². The van der Waals surface area contributed by atoms with Gasteiger partial charge in [0.05, 0.1) is 22.7 Å². The van der Waals surface area contributed by atoms with E-state index in [0.717, 1.165) is 0 Å². The second kappa shape index (κ2) is 5.51. The molecule has 0 unspecified atom stereocenters. The molecule has 3 rings (SSSR count). The number of H-pyrrole nitrogens is 1. The number of nitrogens with one attached hydrogen (secondary N) is 1. The number of rotatable bonds is 2. The second-order valence-corrected chi connectivity index (χ2v) is 5.43. The van der Waals surface area contributed by atoms with Crippen molar-refractivity contribution in [3.63, 3.8) is 0 Å². The summed E-state index contributed by atoms with van der Waals surface area (Å²) in [5.41, 5.74) is 0.440. The van der Waals surface area contributed by atoms with Crippen molar-refractivity contribution in [2.45, 2.75) is 0 Å². The van der Waals surface area contributed by atoms with Crippen LogP contribution in [0.4, 0.5) is 0 Å². The van der Waals surface area contributed by atoms with Gasteiger partial charge in [0, 0.05) is 6.07 Å². The van der Waals surface area contributed by atoms with Crippen LogP contribution in [-0.4, -0.2) is 12.1 Å². The van der Waals surface area contributed by atoms with E-state index in [9.17, 15) is 10.0 Å². The lowest BCUT2D eigenvalue weighted by Crippen LogP contribution is -2.37. The first-order chi connectivity index (χ1) is 10.5. The minimum absolute atomic E-state index is 0.0372. The molecule has 0 fully saturated rings. The standard InChI is InChI=1S/C15H10Cl2N2O3/c1-22-9-4-2-3-8(5-9)14-15(20)18-12-6-10(16)11(17)7-13(12)19(14)21/h2-7H,1H3,(H,18,20). The molecular formula is C15H10Cl2N2O3. The highest BCUT2D eigenvalue weighted by atomic mass is 35.5. The Kier molecular flexibility index (Phi) is 3.68. The van der Waals surface area contributed by atoms with E-state index in [0.29, 0.717) is 21.6 Å². The summed E-state index contributed by atoms with van der Waals surface area (Å²) in [5.74, 6) is 0.547. The summed E-state index contributed by atoms with van der Waals surface area (Å²) in [5, 5.41) is 13.1. The zero-order valence-electron chi connectivity index (χ0n) is 11.4. The van der Waals surface area contributed by atoms with Gasteiger partial charge in [-0.2, -0.15) is 4.73 Å². The molecule has 0 radical (unpaired) electrons. The molecule has 22 heavy (non-hydrogen) atoms. The quantitative estimate of drug-likeness (QED) is 0.577. The molecule has 2 aromatic carbocycles. The zero-order chi connectivity index (χ0) is 15.9. The predicted molar refractivity (Wildman–Crippen MR) is 85.5 cm³/mol. The van der Waals surface area contributed by atoms with Crippen molar-refractivity contribution >= 4 is 34.2 Å². The van der Waals surface area contributed by atoms with Crippen molar-refractivity contribution in [1.29, 1.82) is 0 Å². The first kappa shape index (κ1) is 14.7. The SMILES string of the molecule is COc1cccc(-c2c(=O)[nH]c3cc(Cl)c(Cl)cc3[n+]2[O-])c1. The van der Waals surface area contributed by atoms with Gasteiger partial charge in [-0.15, -0.1) is 0 Å². The molecule has 1 heterocycles. The number of halogens is 2. The van der Waals surface area contributed by atoms with Crippen molar-refractivity contribution in [3.8, 4) is 17.0 Å². The van der Waals surface area contributed by atoms with E-state index >= 15 is 0 Å². The van der Waals surface area contributed by atoms with Gasteiger partial charge in [0.25, 0.3) is 5.69 Å². The van der Waals surface area contributed by atoms with E-state index in [1.54, 1.807) is 24.3 Å². The predicted octanol–water partition coefficient (Wildman–Crippen LogP) is 3.14. The van der Waals surface area contributed by atoms with E-state index in [4.69, 9.17) is 27.9 Å². The summed E-state index contributed by atoms with van der Waals surface area (Å²) in [7, 11) is 1.51. The lowest BCUT2D eigenvalue weighted by molar-refractivity contribution is -0.566. The monoisotopic (exact) mass is 336 g/mol. The third kappa shape index (κ3) is 2.38. The average molecular weight is 337 g/mol. The zero-order valence-corrected chi connectivity index (χ0v) is 12.9. The first-order valence-electron chi connectivity index (χ1n) is 6.30. The van der Waals surface area contributed by atoms with E-state index in [1.807, 2.05) is 0 Å². The summed E-state index contributed by atoms with van der Waals surface area (Å²) < 4.78 is 5.66. The van der Waals surface area contributed by atoms with Gasteiger partial charge in [-0.05, 0) is 24.3 Å². The summed E-state index contributed by atoms with van der Waals surface area (Å²) in [4.78, 5) is 14.9. The molecular weight excluding hydrogens is 327 g/mol. The molecule has 0 aliphatic rings. The third-order valence-corrected chi connectivity index (χ3v) is 3.99. The van der Waals surface area contributed by atoms with Crippen LogP contribution in [0.25, 0.3) is 22.3 Å². The Bertz CT molecular complexity index is 938. The van der Waals surface area contributed by atoms with Gasteiger partial charge in [-0.3, -0.25) is 4.79 Å². The minimum Gasteiger partial charge on any atom is -0.618 e. The Labute approximate surface area is 135 Å². The highest BCUT2D eigenvalue weighted by Crippen LogP contribution is 2.26.